The van der Waals surface area contributed by atoms with Crippen molar-refractivity contribution in [3.05, 3.63) is 47.4 Å². The number of nitrogens with zero attached hydrogens (tertiary/aromatic N) is 4. The Morgan fingerprint density at radius 1 is 1.27 bits per heavy atom. The van der Waals surface area contributed by atoms with Crippen molar-refractivity contribution in [1.29, 1.82) is 5.26 Å². The number of aromatic nitrogens is 2. The molecule has 1 aromatic heterocycles. The van der Waals surface area contributed by atoms with Gasteiger partial charge in [-0.05, 0) is 18.1 Å². The lowest BCUT2D eigenvalue weighted by Gasteiger charge is -2.19. The second kappa shape index (κ2) is 9.36. The van der Waals surface area contributed by atoms with Crippen LogP contribution in [-0.4, -0.2) is 54.4 Å². The van der Waals surface area contributed by atoms with E-state index in [1.807, 2.05) is 6.07 Å². The Bertz CT molecular complexity index is 899. The Labute approximate surface area is 176 Å². The molecule has 3 heterocycles. The Morgan fingerprint density at radius 3 is 2.87 bits per heavy atom. The predicted molar refractivity (Wildman–Crippen MR) is 111 cm³/mol. The molecule has 2 unspecified atom stereocenters. The zero-order chi connectivity index (χ0) is 20.9. The molecule has 0 saturated carbocycles. The quantitative estimate of drug-likeness (QED) is 0.628. The standard InChI is InChI=1S/C21H27N7O2/c1-29-16-5-6-28(13-16)12-14-3-4-17(19(7-14)30-2)18-8-20(27-26-18)25-21-11-23-15(9-22)10-24-21/h3-4,7,10-11,16,18,20,26-27H,5-6,8,12-13H2,1-2H3,(H,24,25)/t16-,18?,20?/m1/s1. The van der Waals surface area contributed by atoms with Crippen LogP contribution in [-0.2, 0) is 11.3 Å². The zero-order valence-electron chi connectivity index (χ0n) is 17.3. The summed E-state index contributed by atoms with van der Waals surface area (Å²) in [6.07, 6.45) is 5.23. The van der Waals surface area contributed by atoms with Crippen LogP contribution in [0.2, 0.25) is 0 Å². The van der Waals surface area contributed by atoms with Crippen molar-refractivity contribution >= 4 is 5.82 Å². The third-order valence-electron chi connectivity index (χ3n) is 5.63. The van der Waals surface area contributed by atoms with E-state index in [0.29, 0.717) is 17.6 Å². The van der Waals surface area contributed by atoms with E-state index in [1.54, 1.807) is 20.4 Å². The Hall–Kier alpha value is -2.77. The van der Waals surface area contributed by atoms with E-state index in [0.717, 1.165) is 43.8 Å². The van der Waals surface area contributed by atoms with Gasteiger partial charge in [-0.1, -0.05) is 12.1 Å². The van der Waals surface area contributed by atoms with Gasteiger partial charge >= 0.3 is 0 Å². The van der Waals surface area contributed by atoms with E-state index in [4.69, 9.17) is 14.7 Å². The first-order valence-corrected chi connectivity index (χ1v) is 10.1. The van der Waals surface area contributed by atoms with E-state index < -0.39 is 0 Å². The van der Waals surface area contributed by atoms with Gasteiger partial charge < -0.3 is 14.8 Å². The van der Waals surface area contributed by atoms with Gasteiger partial charge in [0.05, 0.1) is 37.8 Å². The summed E-state index contributed by atoms with van der Waals surface area (Å²) >= 11 is 0. The fraction of sp³-hybridized carbons (Fsp3) is 0.476. The molecule has 0 amide bonds. The fourth-order valence-electron chi connectivity index (χ4n) is 4.03. The summed E-state index contributed by atoms with van der Waals surface area (Å²) in [6, 6.07) is 8.51. The number of rotatable bonds is 7. The number of nitriles is 1. The summed E-state index contributed by atoms with van der Waals surface area (Å²) in [5, 5.41) is 12.1. The minimum Gasteiger partial charge on any atom is -0.496 e. The van der Waals surface area contributed by atoms with Crippen LogP contribution < -0.4 is 20.9 Å². The summed E-state index contributed by atoms with van der Waals surface area (Å²) in [5.41, 5.74) is 9.22. The van der Waals surface area contributed by atoms with Crippen LogP contribution in [0.1, 0.15) is 35.7 Å². The van der Waals surface area contributed by atoms with E-state index >= 15 is 0 Å². The van der Waals surface area contributed by atoms with Crippen molar-refractivity contribution in [3.8, 4) is 11.8 Å². The van der Waals surface area contributed by atoms with Crippen LogP contribution in [0.4, 0.5) is 5.82 Å². The van der Waals surface area contributed by atoms with Crippen LogP contribution in [0.25, 0.3) is 0 Å². The minimum absolute atomic E-state index is 0.0165. The molecule has 4 rings (SSSR count). The van der Waals surface area contributed by atoms with E-state index in [2.05, 4.69) is 49.2 Å². The van der Waals surface area contributed by atoms with Crippen LogP contribution >= 0.6 is 0 Å². The lowest BCUT2D eigenvalue weighted by atomic mass is 10.0. The molecule has 2 aromatic rings. The monoisotopic (exact) mass is 409 g/mol. The van der Waals surface area contributed by atoms with Crippen molar-refractivity contribution in [2.24, 2.45) is 0 Å². The van der Waals surface area contributed by atoms with Crippen LogP contribution in [0, 0.1) is 11.3 Å². The molecule has 30 heavy (non-hydrogen) atoms. The minimum atomic E-state index is -0.0165. The number of methoxy groups -OCH3 is 2. The Morgan fingerprint density at radius 2 is 2.17 bits per heavy atom. The first kappa shape index (κ1) is 20.5. The summed E-state index contributed by atoms with van der Waals surface area (Å²) in [5.74, 6) is 1.50. The average Bonchev–Trinajstić information content (AvgIpc) is 3.43. The number of nitrogens with one attached hydrogen (secondary N) is 3. The van der Waals surface area contributed by atoms with Crippen molar-refractivity contribution in [2.45, 2.75) is 37.7 Å². The smallest absolute Gasteiger partial charge is 0.158 e. The Kier molecular flexibility index (Phi) is 6.40. The number of hydrazine groups is 1. The third-order valence-corrected chi connectivity index (χ3v) is 5.63. The molecule has 0 aliphatic carbocycles. The molecule has 2 aliphatic heterocycles. The zero-order valence-corrected chi connectivity index (χ0v) is 17.3. The molecule has 1 aromatic carbocycles. The molecule has 158 valence electrons. The molecule has 2 aliphatic rings. The van der Waals surface area contributed by atoms with Gasteiger partial charge in [0.1, 0.15) is 17.6 Å². The summed E-state index contributed by atoms with van der Waals surface area (Å²) < 4.78 is 11.2. The lowest BCUT2D eigenvalue weighted by molar-refractivity contribution is 0.107. The Balaban J connectivity index is 1.38. The van der Waals surface area contributed by atoms with Crippen molar-refractivity contribution < 1.29 is 9.47 Å². The number of anilines is 1. The van der Waals surface area contributed by atoms with Crippen LogP contribution in [0.5, 0.6) is 5.75 Å². The first-order chi connectivity index (χ1) is 14.7. The largest absolute Gasteiger partial charge is 0.496 e. The van der Waals surface area contributed by atoms with Crippen LogP contribution in [0.15, 0.2) is 30.6 Å². The fourth-order valence-corrected chi connectivity index (χ4v) is 4.03. The van der Waals surface area contributed by atoms with Gasteiger partial charge in [0.15, 0.2) is 5.69 Å². The molecule has 3 N–H and O–H groups in total. The number of likely N-dealkylation sites (tertiary alicyclic amines) is 1. The van der Waals surface area contributed by atoms with Gasteiger partial charge in [0, 0.05) is 38.7 Å². The van der Waals surface area contributed by atoms with Gasteiger partial charge in [0.25, 0.3) is 0 Å². The highest BCUT2D eigenvalue weighted by Gasteiger charge is 2.28. The highest BCUT2D eigenvalue weighted by molar-refractivity contribution is 5.41. The van der Waals surface area contributed by atoms with Gasteiger partial charge in [0.2, 0.25) is 0 Å². The van der Waals surface area contributed by atoms with E-state index in [1.165, 1.54) is 11.8 Å². The average molecular weight is 409 g/mol. The SMILES string of the molecule is COc1cc(CN2CC[C@@H](OC)C2)ccc1C1CC(Nc2cnc(C#N)cn2)NN1. The second-order valence-electron chi connectivity index (χ2n) is 7.63. The number of benzene rings is 1. The van der Waals surface area contributed by atoms with E-state index in [-0.39, 0.29) is 12.2 Å². The normalized spacial score (nSPS) is 24.0. The second-order valence-corrected chi connectivity index (χ2v) is 7.63. The maximum atomic E-state index is 8.83. The maximum Gasteiger partial charge on any atom is 0.158 e. The third kappa shape index (κ3) is 4.68. The lowest BCUT2D eigenvalue weighted by Crippen LogP contribution is -2.36. The highest BCUT2D eigenvalue weighted by atomic mass is 16.5. The topological polar surface area (TPSA) is 107 Å². The molecule has 2 fully saturated rings. The molecule has 2 saturated heterocycles. The summed E-state index contributed by atoms with van der Waals surface area (Å²) in [7, 11) is 3.49. The number of hydrogen-bond donors (Lipinski definition) is 3. The molecule has 0 spiro atoms. The van der Waals surface area contributed by atoms with Crippen molar-refractivity contribution in [2.75, 3.05) is 32.6 Å². The molecular weight excluding hydrogens is 382 g/mol. The number of hydrogen-bond acceptors (Lipinski definition) is 9. The number of ether oxygens (including phenoxy) is 2. The molecule has 9 nitrogen and oxygen atoms in total. The van der Waals surface area contributed by atoms with Crippen molar-refractivity contribution in [1.82, 2.24) is 25.7 Å². The first-order valence-electron chi connectivity index (χ1n) is 10.1. The molecule has 9 heteroatoms. The summed E-state index contributed by atoms with van der Waals surface area (Å²) in [4.78, 5) is 10.7. The highest BCUT2D eigenvalue weighted by Crippen LogP contribution is 2.32. The van der Waals surface area contributed by atoms with Gasteiger partial charge in [-0.25, -0.2) is 20.8 Å². The van der Waals surface area contributed by atoms with Gasteiger partial charge in [-0.3, -0.25) is 4.90 Å². The molecular formula is C21H27N7O2. The maximum absolute atomic E-state index is 8.83. The predicted octanol–water partition coefficient (Wildman–Crippen LogP) is 1.55. The summed E-state index contributed by atoms with van der Waals surface area (Å²) in [6.45, 7) is 2.93. The van der Waals surface area contributed by atoms with Gasteiger partial charge in [-0.15, -0.1) is 0 Å². The molecule has 3 atom stereocenters. The van der Waals surface area contributed by atoms with E-state index in [9.17, 15) is 0 Å². The molecule has 0 radical (unpaired) electrons. The molecule has 0 bridgehead atoms. The van der Waals surface area contributed by atoms with Crippen molar-refractivity contribution in [3.63, 3.8) is 0 Å². The van der Waals surface area contributed by atoms with Crippen LogP contribution in [0.3, 0.4) is 0 Å². The van der Waals surface area contributed by atoms with Gasteiger partial charge in [-0.2, -0.15) is 5.26 Å².